The van der Waals surface area contributed by atoms with Crippen molar-refractivity contribution in [2.75, 3.05) is 7.05 Å². The van der Waals surface area contributed by atoms with Crippen molar-refractivity contribution in [2.24, 2.45) is 7.05 Å². The molecule has 0 bridgehead atoms. The second kappa shape index (κ2) is 2.57. The Balaban J connectivity index is 3.15. The summed E-state index contributed by atoms with van der Waals surface area (Å²) in [6.07, 6.45) is 0. The molecular formula is C5H8N4O2. The van der Waals surface area contributed by atoms with E-state index in [0.717, 1.165) is 4.68 Å². The maximum atomic E-state index is 11.0. The second-order valence-corrected chi connectivity index (χ2v) is 2.00. The average Bonchev–Trinajstić information content (AvgIpc) is 2.32. The van der Waals surface area contributed by atoms with Crippen LogP contribution in [0.15, 0.2) is 4.79 Å². The molecule has 0 aliphatic carbocycles. The van der Waals surface area contributed by atoms with Crippen molar-refractivity contribution >= 4 is 5.91 Å². The Hall–Kier alpha value is -1.59. The average molecular weight is 156 g/mol. The van der Waals surface area contributed by atoms with Gasteiger partial charge in [-0.1, -0.05) is 0 Å². The molecule has 0 radical (unpaired) electrons. The van der Waals surface area contributed by atoms with Crippen molar-refractivity contribution in [1.82, 2.24) is 20.3 Å². The highest BCUT2D eigenvalue weighted by Crippen LogP contribution is 1.79. The summed E-state index contributed by atoms with van der Waals surface area (Å²) >= 11 is 0. The number of aryl methyl sites for hydroxylation is 1. The molecule has 0 aliphatic heterocycles. The summed E-state index contributed by atoms with van der Waals surface area (Å²) in [6, 6.07) is 0. The Morgan fingerprint density at radius 1 is 1.73 bits per heavy atom. The third-order valence-electron chi connectivity index (χ3n) is 1.26. The predicted octanol–water partition coefficient (Wildman–Crippen LogP) is -1.53. The molecule has 0 fully saturated rings. The maximum absolute atomic E-state index is 11.0. The first-order valence-electron chi connectivity index (χ1n) is 3.00. The summed E-state index contributed by atoms with van der Waals surface area (Å²) in [5.41, 5.74) is -0.542. The van der Waals surface area contributed by atoms with Gasteiger partial charge in [-0.15, -0.1) is 5.10 Å². The highest BCUT2D eigenvalue weighted by atomic mass is 16.2. The fourth-order valence-electron chi connectivity index (χ4n) is 0.643. The van der Waals surface area contributed by atoms with Crippen LogP contribution in [-0.4, -0.2) is 27.9 Å². The lowest BCUT2D eigenvalue weighted by atomic mass is 10.4. The van der Waals surface area contributed by atoms with Crippen molar-refractivity contribution in [3.8, 4) is 0 Å². The zero-order valence-electron chi connectivity index (χ0n) is 6.21. The predicted molar refractivity (Wildman–Crippen MR) is 37.2 cm³/mol. The Morgan fingerprint density at radius 3 is 2.73 bits per heavy atom. The van der Waals surface area contributed by atoms with Gasteiger partial charge in [-0.3, -0.25) is 9.59 Å². The van der Waals surface area contributed by atoms with E-state index < -0.39 is 11.5 Å². The zero-order chi connectivity index (χ0) is 8.43. The van der Waals surface area contributed by atoms with Gasteiger partial charge >= 0.3 is 0 Å². The molecule has 1 aromatic heterocycles. The van der Waals surface area contributed by atoms with E-state index in [1.807, 2.05) is 0 Å². The van der Waals surface area contributed by atoms with Crippen LogP contribution in [0.5, 0.6) is 0 Å². The monoisotopic (exact) mass is 156 g/mol. The minimum atomic E-state index is -0.480. The van der Waals surface area contributed by atoms with Crippen LogP contribution in [0, 0.1) is 0 Å². The van der Waals surface area contributed by atoms with Crippen LogP contribution in [0.2, 0.25) is 0 Å². The molecule has 0 aromatic carbocycles. The lowest BCUT2D eigenvalue weighted by Gasteiger charge is -1.88. The normalized spacial score (nSPS) is 9.64. The van der Waals surface area contributed by atoms with Crippen molar-refractivity contribution in [2.45, 2.75) is 0 Å². The number of nitrogens with one attached hydrogen (secondary N) is 2. The third kappa shape index (κ3) is 1.14. The Morgan fingerprint density at radius 2 is 2.36 bits per heavy atom. The third-order valence-corrected chi connectivity index (χ3v) is 1.26. The molecule has 11 heavy (non-hydrogen) atoms. The van der Waals surface area contributed by atoms with Crippen LogP contribution in [0.3, 0.4) is 0 Å². The fourth-order valence-corrected chi connectivity index (χ4v) is 0.643. The summed E-state index contributed by atoms with van der Waals surface area (Å²) in [7, 11) is 2.93. The van der Waals surface area contributed by atoms with E-state index in [9.17, 15) is 9.59 Å². The lowest BCUT2D eigenvalue weighted by molar-refractivity contribution is 0.0957. The number of rotatable bonds is 1. The topological polar surface area (TPSA) is 79.8 Å². The van der Waals surface area contributed by atoms with Crippen LogP contribution in [-0.2, 0) is 7.05 Å². The van der Waals surface area contributed by atoms with E-state index in [2.05, 4.69) is 15.6 Å². The number of nitrogens with zero attached hydrogens (tertiary/aromatic N) is 2. The van der Waals surface area contributed by atoms with E-state index in [0.29, 0.717) is 0 Å². The fraction of sp³-hybridized carbons (Fsp3) is 0.400. The van der Waals surface area contributed by atoms with Gasteiger partial charge < -0.3 is 5.32 Å². The Bertz CT molecular complexity index is 323. The molecule has 1 heterocycles. The number of carbonyl (C=O) groups excluding carboxylic acids is 1. The molecule has 0 atom stereocenters. The molecule has 0 spiro atoms. The van der Waals surface area contributed by atoms with Gasteiger partial charge in [0.05, 0.1) is 0 Å². The number of aromatic nitrogens is 3. The molecule has 0 aliphatic rings. The summed E-state index contributed by atoms with van der Waals surface area (Å²) in [5.74, 6) is -0.480. The number of carbonyl (C=O) groups is 1. The van der Waals surface area contributed by atoms with E-state index in [1.165, 1.54) is 14.1 Å². The molecule has 0 saturated heterocycles. The second-order valence-electron chi connectivity index (χ2n) is 2.00. The van der Waals surface area contributed by atoms with Crippen LogP contribution in [0.25, 0.3) is 0 Å². The number of hydrogen-bond donors (Lipinski definition) is 2. The largest absolute Gasteiger partial charge is 0.354 e. The first-order chi connectivity index (χ1) is 5.16. The highest BCUT2D eigenvalue weighted by molar-refractivity contribution is 5.91. The number of H-pyrrole nitrogens is 1. The summed E-state index contributed by atoms with van der Waals surface area (Å²) in [6.45, 7) is 0. The molecule has 1 aromatic rings. The quantitative estimate of drug-likeness (QED) is 0.517. The van der Waals surface area contributed by atoms with Gasteiger partial charge in [-0.05, 0) is 0 Å². The molecule has 0 unspecified atom stereocenters. The van der Waals surface area contributed by atoms with Gasteiger partial charge in [0, 0.05) is 14.1 Å². The lowest BCUT2D eigenvalue weighted by Crippen LogP contribution is -2.26. The number of amides is 1. The molecular weight excluding hydrogens is 148 g/mol. The first kappa shape index (κ1) is 7.52. The highest BCUT2D eigenvalue weighted by Gasteiger charge is 2.12. The van der Waals surface area contributed by atoms with Crippen molar-refractivity contribution in [1.29, 1.82) is 0 Å². The summed E-state index contributed by atoms with van der Waals surface area (Å²) < 4.78 is 1.13. The van der Waals surface area contributed by atoms with E-state index in [-0.39, 0.29) is 5.69 Å². The van der Waals surface area contributed by atoms with Gasteiger partial charge in [-0.2, -0.15) is 0 Å². The maximum Gasteiger partial charge on any atom is 0.299 e. The van der Waals surface area contributed by atoms with Crippen molar-refractivity contribution in [3.05, 3.63) is 16.0 Å². The van der Waals surface area contributed by atoms with Crippen LogP contribution in [0.4, 0.5) is 0 Å². The molecule has 6 nitrogen and oxygen atoms in total. The van der Waals surface area contributed by atoms with E-state index in [4.69, 9.17) is 0 Å². The Kier molecular flexibility index (Phi) is 1.75. The summed E-state index contributed by atoms with van der Waals surface area (Å²) in [5, 5.41) is 8.15. The van der Waals surface area contributed by atoms with E-state index in [1.54, 1.807) is 0 Å². The van der Waals surface area contributed by atoms with Gasteiger partial charge in [0.2, 0.25) is 5.69 Å². The molecule has 6 heteroatoms. The van der Waals surface area contributed by atoms with Gasteiger partial charge in [0.15, 0.2) is 0 Å². The van der Waals surface area contributed by atoms with Crippen LogP contribution in [0.1, 0.15) is 10.5 Å². The zero-order valence-corrected chi connectivity index (χ0v) is 6.21. The molecule has 1 rings (SSSR count). The van der Waals surface area contributed by atoms with Gasteiger partial charge in [-0.25, -0.2) is 9.90 Å². The van der Waals surface area contributed by atoms with E-state index >= 15 is 0 Å². The van der Waals surface area contributed by atoms with Crippen molar-refractivity contribution < 1.29 is 4.79 Å². The summed E-state index contributed by atoms with van der Waals surface area (Å²) in [4.78, 5) is 21.8. The molecule has 2 N–H and O–H groups in total. The van der Waals surface area contributed by atoms with Gasteiger partial charge in [0.1, 0.15) is 0 Å². The van der Waals surface area contributed by atoms with Crippen LogP contribution < -0.4 is 10.9 Å². The molecule has 60 valence electrons. The smallest absolute Gasteiger partial charge is 0.299 e. The minimum Gasteiger partial charge on any atom is -0.354 e. The Labute approximate surface area is 62.2 Å². The minimum absolute atomic E-state index is 0.116. The van der Waals surface area contributed by atoms with Crippen molar-refractivity contribution in [3.63, 3.8) is 0 Å². The molecule has 1 amide bonds. The SMILES string of the molecule is CNC(=O)c1n[nH]n(C)c1=O. The standard InChI is InChI=1S/C5H8N4O2/c1-6-4(10)3-5(11)9(2)8-7-3/h8H,1-2H3,(H,6,10). The van der Waals surface area contributed by atoms with Gasteiger partial charge in [0.25, 0.3) is 11.5 Å². The number of hydrogen-bond acceptors (Lipinski definition) is 3. The molecule has 0 saturated carbocycles. The first-order valence-corrected chi connectivity index (χ1v) is 3.00. The number of aromatic amines is 1. The van der Waals surface area contributed by atoms with Crippen LogP contribution >= 0.6 is 0 Å².